The maximum atomic E-state index is 13.3. The van der Waals surface area contributed by atoms with Crippen molar-refractivity contribution < 1.29 is 18.7 Å². The second-order valence-corrected chi connectivity index (χ2v) is 7.75. The Morgan fingerprint density at radius 2 is 1.67 bits per heavy atom. The van der Waals surface area contributed by atoms with E-state index in [0.717, 1.165) is 27.7 Å². The maximum Gasteiger partial charge on any atom is 0.150 e. The van der Waals surface area contributed by atoms with Gasteiger partial charge in [0.05, 0.1) is 14.2 Å². The van der Waals surface area contributed by atoms with Gasteiger partial charge in [-0.15, -0.1) is 11.3 Å². The molecule has 0 amide bonds. The Hall–Kier alpha value is -3.44. The molecule has 1 aromatic heterocycles. The van der Waals surface area contributed by atoms with Gasteiger partial charge in [-0.3, -0.25) is 4.79 Å². The lowest BCUT2D eigenvalue weighted by atomic mass is 10.0. The minimum Gasteiger partial charge on any atom is -0.496 e. The number of halogens is 1. The molecule has 0 saturated heterocycles. The summed E-state index contributed by atoms with van der Waals surface area (Å²) in [5.74, 6) is 0.918. The van der Waals surface area contributed by atoms with Crippen LogP contribution < -0.4 is 9.47 Å². The van der Waals surface area contributed by atoms with Crippen LogP contribution in [0.15, 0.2) is 66.7 Å². The third kappa shape index (κ3) is 3.84. The van der Waals surface area contributed by atoms with Crippen LogP contribution in [0.25, 0.3) is 32.2 Å². The molecular formula is C25H19FO3S. The Morgan fingerprint density at radius 3 is 2.33 bits per heavy atom. The topological polar surface area (TPSA) is 35.5 Å². The fourth-order valence-corrected chi connectivity index (χ4v) is 4.42. The average Bonchev–Trinajstić information content (AvgIpc) is 3.21. The van der Waals surface area contributed by atoms with E-state index in [1.165, 1.54) is 16.8 Å². The second-order valence-electron chi connectivity index (χ2n) is 6.67. The molecule has 0 fully saturated rings. The molecule has 0 aliphatic rings. The van der Waals surface area contributed by atoms with E-state index in [1.54, 1.807) is 43.8 Å². The normalized spacial score (nSPS) is 11.5. The summed E-state index contributed by atoms with van der Waals surface area (Å²) < 4.78 is 25.6. The zero-order valence-corrected chi connectivity index (χ0v) is 17.3. The first kappa shape index (κ1) is 19.9. The highest BCUT2D eigenvalue weighted by Gasteiger charge is 2.15. The number of methoxy groups -OCH3 is 2. The van der Waals surface area contributed by atoms with Crippen molar-refractivity contribution in [3.63, 3.8) is 0 Å². The number of hydrogen-bond donors (Lipinski definition) is 0. The number of carbonyl (C=O) groups is 1. The summed E-state index contributed by atoms with van der Waals surface area (Å²) in [6.07, 6.45) is 2.51. The van der Waals surface area contributed by atoms with Crippen LogP contribution >= 0.6 is 11.3 Å². The smallest absolute Gasteiger partial charge is 0.150 e. The Labute approximate surface area is 178 Å². The minimum atomic E-state index is -0.349. The van der Waals surface area contributed by atoms with Crippen LogP contribution in [0.1, 0.15) is 11.1 Å². The summed E-state index contributed by atoms with van der Waals surface area (Å²) in [5, 5.41) is 1.16. The van der Waals surface area contributed by atoms with Gasteiger partial charge in [0, 0.05) is 32.3 Å². The van der Waals surface area contributed by atoms with E-state index in [9.17, 15) is 9.18 Å². The monoisotopic (exact) mass is 418 g/mol. The first-order valence-corrected chi connectivity index (χ1v) is 10.1. The van der Waals surface area contributed by atoms with Gasteiger partial charge in [-0.05, 0) is 47.4 Å². The van der Waals surface area contributed by atoms with Crippen molar-refractivity contribution in [2.45, 2.75) is 0 Å². The van der Waals surface area contributed by atoms with Crippen LogP contribution in [0.2, 0.25) is 0 Å². The van der Waals surface area contributed by atoms with Crippen molar-refractivity contribution in [2.75, 3.05) is 14.2 Å². The molecule has 0 radical (unpaired) electrons. The molecule has 30 heavy (non-hydrogen) atoms. The molecule has 150 valence electrons. The van der Waals surface area contributed by atoms with Crippen LogP contribution in [0.3, 0.4) is 0 Å². The van der Waals surface area contributed by atoms with Crippen molar-refractivity contribution in [1.82, 2.24) is 0 Å². The molecule has 0 spiro atoms. The Balaban J connectivity index is 1.87. The van der Waals surface area contributed by atoms with E-state index < -0.39 is 0 Å². The fraction of sp³-hybridized carbons (Fsp3) is 0.0800. The van der Waals surface area contributed by atoms with Gasteiger partial charge >= 0.3 is 0 Å². The van der Waals surface area contributed by atoms with Crippen molar-refractivity contribution in [3.8, 4) is 21.9 Å². The van der Waals surface area contributed by atoms with E-state index in [2.05, 4.69) is 18.2 Å². The summed E-state index contributed by atoms with van der Waals surface area (Å²) >= 11 is 1.67. The van der Waals surface area contributed by atoms with Gasteiger partial charge in [0.1, 0.15) is 17.3 Å². The van der Waals surface area contributed by atoms with Crippen LogP contribution in [0.5, 0.6) is 11.5 Å². The van der Waals surface area contributed by atoms with E-state index in [-0.39, 0.29) is 5.82 Å². The number of fused-ring (bicyclic) bond motifs is 1. The molecule has 0 bridgehead atoms. The van der Waals surface area contributed by atoms with E-state index >= 15 is 0 Å². The number of thiophene rings is 1. The minimum absolute atomic E-state index is 0.349. The van der Waals surface area contributed by atoms with Crippen LogP contribution in [0, 0.1) is 5.82 Å². The molecule has 0 saturated carbocycles. The number of hydrogen-bond acceptors (Lipinski definition) is 4. The summed E-state index contributed by atoms with van der Waals surface area (Å²) in [6, 6.07) is 19.9. The van der Waals surface area contributed by atoms with Crippen molar-refractivity contribution >= 4 is 39.4 Å². The molecule has 0 atom stereocenters. The highest BCUT2D eigenvalue weighted by molar-refractivity contribution is 7.22. The van der Waals surface area contributed by atoms with Crippen molar-refractivity contribution in [1.29, 1.82) is 0 Å². The Morgan fingerprint density at radius 1 is 0.933 bits per heavy atom. The van der Waals surface area contributed by atoms with E-state index in [0.29, 0.717) is 22.6 Å². The maximum absolute atomic E-state index is 13.3. The molecule has 0 aliphatic heterocycles. The summed E-state index contributed by atoms with van der Waals surface area (Å²) in [5.41, 5.74) is 2.71. The molecule has 0 unspecified atom stereocenters. The third-order valence-electron chi connectivity index (χ3n) is 4.86. The van der Waals surface area contributed by atoms with E-state index in [4.69, 9.17) is 9.47 Å². The summed E-state index contributed by atoms with van der Waals surface area (Å²) in [7, 11) is 3.19. The predicted molar refractivity (Wildman–Crippen MR) is 121 cm³/mol. The zero-order valence-electron chi connectivity index (χ0n) is 16.5. The largest absolute Gasteiger partial charge is 0.496 e. The van der Waals surface area contributed by atoms with Gasteiger partial charge < -0.3 is 9.47 Å². The standard InChI is InChI=1S/C25H19FO3S/c1-28-22-14-23(29-2)21(25-13-17-5-3-4-6-24(17)30-25)12-18(22)11-19(15-27)16-7-9-20(26)10-8-16/h3-15H,1-2H3/b19-11+. The zero-order chi connectivity index (χ0) is 21.1. The van der Waals surface area contributed by atoms with Crippen molar-refractivity contribution in [2.24, 2.45) is 0 Å². The van der Waals surface area contributed by atoms with Crippen LogP contribution in [-0.4, -0.2) is 20.5 Å². The van der Waals surface area contributed by atoms with Crippen molar-refractivity contribution in [3.05, 3.63) is 83.7 Å². The van der Waals surface area contributed by atoms with Gasteiger partial charge in [0.2, 0.25) is 0 Å². The van der Waals surface area contributed by atoms with Gasteiger partial charge in [0.15, 0.2) is 6.29 Å². The van der Waals surface area contributed by atoms with E-state index in [1.807, 2.05) is 24.3 Å². The van der Waals surface area contributed by atoms with Gasteiger partial charge in [-0.1, -0.05) is 30.3 Å². The molecule has 4 aromatic rings. The lowest BCUT2D eigenvalue weighted by Gasteiger charge is -2.13. The molecular weight excluding hydrogens is 399 g/mol. The number of carbonyl (C=O) groups excluding carboxylic acids is 1. The van der Waals surface area contributed by atoms with Crippen LogP contribution in [-0.2, 0) is 4.79 Å². The van der Waals surface area contributed by atoms with Gasteiger partial charge in [0.25, 0.3) is 0 Å². The third-order valence-corrected chi connectivity index (χ3v) is 6.01. The molecule has 1 heterocycles. The number of aldehydes is 1. The Kier molecular flexibility index (Phi) is 5.63. The molecule has 3 aromatic carbocycles. The molecule has 3 nitrogen and oxygen atoms in total. The first-order chi connectivity index (χ1) is 14.6. The summed E-state index contributed by atoms with van der Waals surface area (Å²) in [4.78, 5) is 12.8. The highest BCUT2D eigenvalue weighted by atomic mass is 32.1. The quantitative estimate of drug-likeness (QED) is 0.205. The van der Waals surface area contributed by atoms with Crippen LogP contribution in [0.4, 0.5) is 4.39 Å². The lowest BCUT2D eigenvalue weighted by molar-refractivity contribution is -0.103. The number of benzene rings is 3. The molecule has 0 N–H and O–H groups in total. The van der Waals surface area contributed by atoms with Gasteiger partial charge in [-0.25, -0.2) is 4.39 Å². The number of ether oxygens (including phenoxy) is 2. The number of rotatable bonds is 6. The van der Waals surface area contributed by atoms with Gasteiger partial charge in [-0.2, -0.15) is 0 Å². The molecule has 4 rings (SSSR count). The average molecular weight is 418 g/mol. The SMILES string of the molecule is COc1cc(OC)c(-c2cc3ccccc3s2)cc1/C=C(\C=O)c1ccc(F)cc1. The lowest BCUT2D eigenvalue weighted by Crippen LogP contribution is -1.94. The fourth-order valence-electron chi connectivity index (χ4n) is 3.34. The predicted octanol–water partition coefficient (Wildman–Crippen LogP) is 6.46. The number of allylic oxidation sites excluding steroid dienone is 1. The molecule has 0 aliphatic carbocycles. The highest BCUT2D eigenvalue weighted by Crippen LogP contribution is 2.42. The Bertz CT molecular complexity index is 1210. The summed E-state index contributed by atoms with van der Waals surface area (Å²) in [6.45, 7) is 0. The second kappa shape index (κ2) is 8.51. The molecule has 5 heteroatoms. The first-order valence-electron chi connectivity index (χ1n) is 9.30.